The number of pyridine rings is 1. The number of fused-ring (bicyclic) bond motifs is 1. The van der Waals surface area contributed by atoms with Crippen molar-refractivity contribution in [1.29, 1.82) is 0 Å². The van der Waals surface area contributed by atoms with Crippen molar-refractivity contribution >= 4 is 28.4 Å². The van der Waals surface area contributed by atoms with Gasteiger partial charge in [-0.1, -0.05) is 18.2 Å². The van der Waals surface area contributed by atoms with E-state index in [9.17, 15) is 8.78 Å². The van der Waals surface area contributed by atoms with Crippen LogP contribution in [-0.4, -0.2) is 34.6 Å². The number of nitrogen functional groups attached to an aromatic ring is 1. The SMILES string of the molecule is Nc1nc(Nc2cccnc2C2CNCCO2)nc2c(-c3c(F)cccc3F)cccc12. The lowest BCUT2D eigenvalue weighted by Gasteiger charge is -2.24. The van der Waals surface area contributed by atoms with Crippen molar-refractivity contribution in [2.24, 2.45) is 0 Å². The molecule has 1 unspecified atom stereocenters. The first-order chi connectivity index (χ1) is 15.6. The second kappa shape index (κ2) is 8.45. The highest BCUT2D eigenvalue weighted by molar-refractivity contribution is 5.99. The summed E-state index contributed by atoms with van der Waals surface area (Å²) < 4.78 is 34.9. The van der Waals surface area contributed by atoms with Gasteiger partial charge in [-0.25, -0.2) is 13.8 Å². The van der Waals surface area contributed by atoms with Crippen molar-refractivity contribution in [2.75, 3.05) is 30.7 Å². The van der Waals surface area contributed by atoms with Gasteiger partial charge in [0.05, 0.1) is 29.1 Å². The number of benzene rings is 2. The van der Waals surface area contributed by atoms with Crippen LogP contribution in [0.2, 0.25) is 0 Å². The highest BCUT2D eigenvalue weighted by Crippen LogP contribution is 2.34. The zero-order valence-corrected chi connectivity index (χ0v) is 17.0. The van der Waals surface area contributed by atoms with Crippen LogP contribution in [0.1, 0.15) is 11.8 Å². The Balaban J connectivity index is 1.60. The Morgan fingerprint density at radius 2 is 1.84 bits per heavy atom. The molecule has 2 aromatic carbocycles. The van der Waals surface area contributed by atoms with E-state index in [2.05, 4.69) is 25.6 Å². The number of nitrogens with one attached hydrogen (secondary N) is 2. The molecular weight excluding hydrogens is 414 g/mol. The zero-order chi connectivity index (χ0) is 22.1. The molecule has 4 aromatic rings. The van der Waals surface area contributed by atoms with Crippen LogP contribution in [0.25, 0.3) is 22.0 Å². The number of aromatic nitrogens is 3. The number of anilines is 3. The molecule has 162 valence electrons. The summed E-state index contributed by atoms with van der Waals surface area (Å²) in [4.78, 5) is 13.4. The Labute approximate surface area is 182 Å². The number of hydrogen-bond donors (Lipinski definition) is 3. The van der Waals surface area contributed by atoms with Gasteiger partial charge in [-0.3, -0.25) is 4.98 Å². The average molecular weight is 434 g/mol. The molecule has 32 heavy (non-hydrogen) atoms. The van der Waals surface area contributed by atoms with Crippen molar-refractivity contribution in [3.05, 3.63) is 72.1 Å². The molecule has 0 spiro atoms. The quantitative estimate of drug-likeness (QED) is 0.447. The van der Waals surface area contributed by atoms with Crippen molar-refractivity contribution in [2.45, 2.75) is 6.10 Å². The van der Waals surface area contributed by atoms with Gasteiger partial charge in [-0.15, -0.1) is 0 Å². The largest absolute Gasteiger partial charge is 0.383 e. The summed E-state index contributed by atoms with van der Waals surface area (Å²) in [5.74, 6) is -0.976. The number of halogens is 2. The molecule has 1 fully saturated rings. The monoisotopic (exact) mass is 434 g/mol. The Bertz CT molecular complexity index is 1270. The van der Waals surface area contributed by atoms with Gasteiger partial charge in [0, 0.05) is 30.2 Å². The normalized spacial score (nSPS) is 16.2. The summed E-state index contributed by atoms with van der Waals surface area (Å²) >= 11 is 0. The first-order valence-electron chi connectivity index (χ1n) is 10.2. The molecule has 0 saturated carbocycles. The molecular formula is C23H20F2N6O. The minimum Gasteiger partial charge on any atom is -0.383 e. The zero-order valence-electron chi connectivity index (χ0n) is 17.0. The highest BCUT2D eigenvalue weighted by atomic mass is 19.1. The van der Waals surface area contributed by atoms with Gasteiger partial charge in [-0.2, -0.15) is 4.98 Å². The number of para-hydroxylation sites is 1. The molecule has 0 aliphatic carbocycles. The molecule has 1 saturated heterocycles. The van der Waals surface area contributed by atoms with E-state index >= 15 is 0 Å². The molecule has 0 bridgehead atoms. The topological polar surface area (TPSA) is 98.0 Å². The van der Waals surface area contributed by atoms with Crippen LogP contribution in [0.3, 0.4) is 0 Å². The van der Waals surface area contributed by atoms with E-state index in [0.717, 1.165) is 6.54 Å². The van der Waals surface area contributed by atoms with Crippen molar-refractivity contribution in [3.8, 4) is 11.1 Å². The second-order valence-electron chi connectivity index (χ2n) is 7.36. The fraction of sp³-hybridized carbons (Fsp3) is 0.174. The second-order valence-corrected chi connectivity index (χ2v) is 7.36. The molecule has 1 atom stereocenters. The lowest BCUT2D eigenvalue weighted by atomic mass is 10.0. The molecule has 1 aliphatic heterocycles. The number of rotatable bonds is 4. The van der Waals surface area contributed by atoms with Gasteiger partial charge < -0.3 is 21.1 Å². The predicted octanol–water partition coefficient (Wildman–Crippen LogP) is 3.96. The minimum atomic E-state index is -0.680. The number of nitrogens with zero attached hydrogens (tertiary/aromatic N) is 3. The van der Waals surface area contributed by atoms with Crippen LogP contribution in [-0.2, 0) is 4.74 Å². The molecule has 3 heterocycles. The van der Waals surface area contributed by atoms with E-state index in [4.69, 9.17) is 10.5 Å². The van der Waals surface area contributed by atoms with Crippen molar-refractivity contribution < 1.29 is 13.5 Å². The lowest BCUT2D eigenvalue weighted by Crippen LogP contribution is -2.34. The maximum absolute atomic E-state index is 14.5. The first kappa shape index (κ1) is 20.2. The predicted molar refractivity (Wildman–Crippen MR) is 118 cm³/mol. The number of ether oxygens (including phenoxy) is 1. The van der Waals surface area contributed by atoms with Crippen LogP contribution in [0.5, 0.6) is 0 Å². The summed E-state index contributed by atoms with van der Waals surface area (Å²) in [6.45, 7) is 1.99. The van der Waals surface area contributed by atoms with Crippen LogP contribution in [0.4, 0.5) is 26.2 Å². The van der Waals surface area contributed by atoms with Gasteiger partial charge >= 0.3 is 0 Å². The third kappa shape index (κ3) is 3.72. The van der Waals surface area contributed by atoms with Gasteiger partial charge in [0.2, 0.25) is 5.95 Å². The first-order valence-corrected chi connectivity index (χ1v) is 10.2. The number of hydrogen-bond acceptors (Lipinski definition) is 7. The van der Waals surface area contributed by atoms with E-state index < -0.39 is 11.6 Å². The van der Waals surface area contributed by atoms with Crippen LogP contribution < -0.4 is 16.4 Å². The van der Waals surface area contributed by atoms with Crippen LogP contribution in [0, 0.1) is 11.6 Å². The van der Waals surface area contributed by atoms with Crippen molar-refractivity contribution in [1.82, 2.24) is 20.3 Å². The molecule has 1 aliphatic rings. The Morgan fingerprint density at radius 3 is 2.62 bits per heavy atom. The molecule has 9 heteroatoms. The van der Waals surface area contributed by atoms with Gasteiger partial charge in [0.15, 0.2) is 0 Å². The summed E-state index contributed by atoms with van der Waals surface area (Å²) in [5, 5.41) is 6.93. The molecule has 5 rings (SSSR count). The van der Waals surface area contributed by atoms with Crippen LogP contribution in [0.15, 0.2) is 54.7 Å². The molecule has 0 radical (unpaired) electrons. The van der Waals surface area contributed by atoms with E-state index in [0.29, 0.717) is 41.0 Å². The minimum absolute atomic E-state index is 0.161. The van der Waals surface area contributed by atoms with Gasteiger partial charge in [0.25, 0.3) is 0 Å². The fourth-order valence-corrected chi connectivity index (χ4v) is 3.83. The van der Waals surface area contributed by atoms with Gasteiger partial charge in [-0.05, 0) is 30.3 Å². The third-order valence-electron chi connectivity index (χ3n) is 5.31. The van der Waals surface area contributed by atoms with E-state index in [1.807, 2.05) is 6.07 Å². The number of nitrogens with two attached hydrogens (primary N) is 1. The maximum Gasteiger partial charge on any atom is 0.229 e. The Kier molecular flexibility index (Phi) is 5.34. The fourth-order valence-electron chi connectivity index (χ4n) is 3.83. The Morgan fingerprint density at radius 1 is 1.03 bits per heavy atom. The summed E-state index contributed by atoms with van der Waals surface area (Å²) in [7, 11) is 0. The van der Waals surface area contributed by atoms with E-state index in [-0.39, 0.29) is 23.4 Å². The highest BCUT2D eigenvalue weighted by Gasteiger charge is 2.21. The Hall–Kier alpha value is -3.69. The van der Waals surface area contributed by atoms with Crippen molar-refractivity contribution in [3.63, 3.8) is 0 Å². The van der Waals surface area contributed by atoms with Gasteiger partial charge in [0.1, 0.15) is 23.6 Å². The number of morpholine rings is 1. The smallest absolute Gasteiger partial charge is 0.229 e. The summed E-state index contributed by atoms with van der Waals surface area (Å²) in [6.07, 6.45) is 1.46. The molecule has 4 N–H and O–H groups in total. The van der Waals surface area contributed by atoms with Crippen LogP contribution >= 0.6 is 0 Å². The molecule has 0 amide bonds. The molecule has 7 nitrogen and oxygen atoms in total. The van der Waals surface area contributed by atoms with E-state index in [1.165, 1.54) is 18.2 Å². The maximum atomic E-state index is 14.5. The molecule has 2 aromatic heterocycles. The third-order valence-corrected chi connectivity index (χ3v) is 5.31. The summed E-state index contributed by atoms with van der Waals surface area (Å²) in [5.41, 5.74) is 8.02. The van der Waals surface area contributed by atoms with E-state index in [1.54, 1.807) is 30.5 Å². The summed E-state index contributed by atoms with van der Waals surface area (Å²) in [6, 6.07) is 12.4. The standard InChI is InChI=1S/C23H20F2N6O/c24-15-6-2-7-16(25)19(15)13-4-1-5-14-20(13)30-23(31-22(14)26)29-17-8-3-9-28-21(17)18-12-27-10-11-32-18/h1-9,18,27H,10-12H2,(H3,26,29,30,31). The average Bonchev–Trinajstić information content (AvgIpc) is 2.80. The lowest BCUT2D eigenvalue weighted by molar-refractivity contribution is 0.0255.